The van der Waals surface area contributed by atoms with Gasteiger partial charge in [0.1, 0.15) is 12.0 Å². The molecule has 5 N–H and O–H groups in total. The first-order valence-electron chi connectivity index (χ1n) is 8.85. The van der Waals surface area contributed by atoms with Crippen LogP contribution in [0, 0.1) is 0 Å². The zero-order chi connectivity index (χ0) is 19.5. The van der Waals surface area contributed by atoms with E-state index in [1.165, 1.54) is 11.8 Å². The molecule has 0 aromatic heterocycles. The fraction of sp³-hybridized carbons (Fsp3) is 0.381. The molecule has 1 heterocycles. The van der Waals surface area contributed by atoms with E-state index in [4.69, 9.17) is 11.5 Å². The van der Waals surface area contributed by atoms with Crippen molar-refractivity contribution >= 4 is 12.0 Å². The van der Waals surface area contributed by atoms with Gasteiger partial charge in [0.05, 0.1) is 6.54 Å². The van der Waals surface area contributed by atoms with Crippen LogP contribution in [-0.4, -0.2) is 35.9 Å². The molecule has 2 rings (SSSR count). The van der Waals surface area contributed by atoms with E-state index in [1.54, 1.807) is 6.07 Å². The van der Waals surface area contributed by atoms with Crippen molar-refractivity contribution in [3.8, 4) is 5.75 Å². The molecular formula is C21H31N3O2. The number of rotatable bonds is 5. The standard InChI is InChI=1S/C15H20N2O2.C6H11N/c1-11(16)13-3-2-4-14(15(13)19)12-5-7-17(8-6-12)9-10-18;1-6(2)4-3-5-7/h2-4,10,12,19H,1,5-9,16H2;3-5H,7H2,1-2H3/b;5-3-. The van der Waals surface area contributed by atoms with Gasteiger partial charge in [0.25, 0.3) is 0 Å². The first-order chi connectivity index (χ1) is 12.4. The van der Waals surface area contributed by atoms with E-state index >= 15 is 0 Å². The van der Waals surface area contributed by atoms with Crippen molar-refractivity contribution in [2.45, 2.75) is 32.6 Å². The summed E-state index contributed by atoms with van der Waals surface area (Å²) in [6.07, 6.45) is 8.13. The Bertz CT molecular complexity index is 653. The first kappa shape index (κ1) is 21.5. The predicted octanol–water partition coefficient (Wildman–Crippen LogP) is 3.12. The van der Waals surface area contributed by atoms with Gasteiger partial charge >= 0.3 is 0 Å². The molecule has 26 heavy (non-hydrogen) atoms. The first-order valence-corrected chi connectivity index (χ1v) is 8.85. The molecule has 0 amide bonds. The van der Waals surface area contributed by atoms with Crippen LogP contribution in [0.4, 0.5) is 0 Å². The van der Waals surface area contributed by atoms with E-state index in [0.717, 1.165) is 37.8 Å². The largest absolute Gasteiger partial charge is 0.507 e. The molecule has 5 nitrogen and oxygen atoms in total. The molecule has 0 radical (unpaired) electrons. The van der Waals surface area contributed by atoms with Crippen LogP contribution >= 0.6 is 0 Å². The molecule has 0 unspecified atom stereocenters. The lowest BCUT2D eigenvalue weighted by Gasteiger charge is -2.31. The number of aldehydes is 1. The summed E-state index contributed by atoms with van der Waals surface area (Å²) in [6, 6.07) is 5.63. The number of carbonyl (C=O) groups is 1. The minimum Gasteiger partial charge on any atom is -0.507 e. The SMILES string of the molecule is C=C(N)c1cccc(C2CCN(CC=O)CC2)c1O.CC(C)=C/C=C\N. The monoisotopic (exact) mass is 357 g/mol. The molecule has 0 spiro atoms. The number of allylic oxidation sites excluding steroid dienone is 3. The van der Waals surface area contributed by atoms with E-state index in [-0.39, 0.29) is 5.75 Å². The van der Waals surface area contributed by atoms with Gasteiger partial charge in [-0.25, -0.2) is 0 Å². The second-order valence-electron chi connectivity index (χ2n) is 6.64. The van der Waals surface area contributed by atoms with Crippen LogP contribution in [0.25, 0.3) is 5.70 Å². The molecular weight excluding hydrogens is 326 g/mol. The maximum atomic E-state index is 10.5. The van der Waals surface area contributed by atoms with E-state index in [1.807, 2.05) is 38.1 Å². The Morgan fingerprint density at radius 3 is 2.46 bits per heavy atom. The molecule has 1 aliphatic heterocycles. The van der Waals surface area contributed by atoms with Gasteiger partial charge < -0.3 is 21.4 Å². The van der Waals surface area contributed by atoms with Gasteiger partial charge in [-0.15, -0.1) is 0 Å². The highest BCUT2D eigenvalue weighted by atomic mass is 16.3. The molecule has 5 heteroatoms. The van der Waals surface area contributed by atoms with Crippen molar-refractivity contribution in [3.63, 3.8) is 0 Å². The van der Waals surface area contributed by atoms with Crippen LogP contribution in [0.2, 0.25) is 0 Å². The number of phenolic OH excluding ortho intramolecular Hbond substituents is 1. The Morgan fingerprint density at radius 1 is 1.35 bits per heavy atom. The highest BCUT2D eigenvalue weighted by molar-refractivity contribution is 5.67. The number of para-hydroxylation sites is 1. The lowest BCUT2D eigenvalue weighted by molar-refractivity contribution is -0.109. The molecule has 1 aromatic carbocycles. The Labute approximate surface area is 156 Å². The smallest absolute Gasteiger partial charge is 0.133 e. The Kier molecular flexibility index (Phi) is 9.23. The molecule has 1 fully saturated rings. The van der Waals surface area contributed by atoms with Crippen molar-refractivity contribution in [3.05, 3.63) is 59.8 Å². The third kappa shape index (κ3) is 6.76. The molecule has 0 saturated carbocycles. The quantitative estimate of drug-likeness (QED) is 0.556. The number of carbonyl (C=O) groups excluding carboxylic acids is 1. The summed E-state index contributed by atoms with van der Waals surface area (Å²) in [5.74, 6) is 0.575. The molecule has 1 saturated heterocycles. The number of piperidine rings is 1. The Morgan fingerprint density at radius 2 is 2.00 bits per heavy atom. The summed E-state index contributed by atoms with van der Waals surface area (Å²) >= 11 is 0. The summed E-state index contributed by atoms with van der Waals surface area (Å²) in [7, 11) is 0. The van der Waals surface area contributed by atoms with Crippen molar-refractivity contribution in [1.29, 1.82) is 0 Å². The van der Waals surface area contributed by atoms with Crippen molar-refractivity contribution in [2.24, 2.45) is 11.5 Å². The highest BCUT2D eigenvalue weighted by Crippen LogP contribution is 2.36. The van der Waals surface area contributed by atoms with Crippen LogP contribution in [0.5, 0.6) is 5.75 Å². The molecule has 142 valence electrons. The summed E-state index contributed by atoms with van der Waals surface area (Å²) in [5, 5.41) is 10.3. The average molecular weight is 357 g/mol. The van der Waals surface area contributed by atoms with Crippen molar-refractivity contribution in [2.75, 3.05) is 19.6 Å². The van der Waals surface area contributed by atoms with Gasteiger partial charge in [-0.1, -0.05) is 30.4 Å². The summed E-state index contributed by atoms with van der Waals surface area (Å²) in [5.41, 5.74) is 13.9. The second-order valence-corrected chi connectivity index (χ2v) is 6.64. The predicted molar refractivity (Wildman–Crippen MR) is 109 cm³/mol. The summed E-state index contributed by atoms with van der Waals surface area (Å²) in [6.45, 7) is 10.0. The van der Waals surface area contributed by atoms with E-state index in [9.17, 15) is 9.90 Å². The number of nitrogens with two attached hydrogens (primary N) is 2. The van der Waals surface area contributed by atoms with E-state index in [0.29, 0.717) is 23.7 Å². The molecule has 0 bridgehead atoms. The molecule has 0 aliphatic carbocycles. The van der Waals surface area contributed by atoms with Crippen molar-refractivity contribution < 1.29 is 9.90 Å². The lowest BCUT2D eigenvalue weighted by Crippen LogP contribution is -2.34. The third-order valence-corrected chi connectivity index (χ3v) is 4.31. The fourth-order valence-electron chi connectivity index (χ4n) is 2.93. The fourth-order valence-corrected chi connectivity index (χ4v) is 2.93. The zero-order valence-corrected chi connectivity index (χ0v) is 15.8. The normalized spacial score (nSPS) is 15.2. The van der Waals surface area contributed by atoms with Crippen LogP contribution in [0.15, 0.2) is 48.7 Å². The van der Waals surface area contributed by atoms with Gasteiger partial charge in [-0.2, -0.15) is 0 Å². The zero-order valence-electron chi connectivity index (χ0n) is 15.8. The van der Waals surface area contributed by atoms with E-state index in [2.05, 4.69) is 11.5 Å². The van der Waals surface area contributed by atoms with Crippen molar-refractivity contribution in [1.82, 2.24) is 4.90 Å². The number of hydrogen-bond acceptors (Lipinski definition) is 5. The number of likely N-dealkylation sites (tertiary alicyclic amines) is 1. The lowest BCUT2D eigenvalue weighted by atomic mass is 9.87. The van der Waals surface area contributed by atoms with E-state index < -0.39 is 0 Å². The van der Waals surface area contributed by atoms with Crippen LogP contribution in [0.1, 0.15) is 43.7 Å². The van der Waals surface area contributed by atoms with Gasteiger partial charge in [0, 0.05) is 11.3 Å². The Balaban J connectivity index is 0.000000412. The third-order valence-electron chi connectivity index (χ3n) is 4.31. The average Bonchev–Trinajstić information content (AvgIpc) is 2.61. The minimum atomic E-state index is 0.254. The van der Waals surface area contributed by atoms with Crippen LogP contribution < -0.4 is 11.5 Å². The number of phenols is 1. The number of aromatic hydroxyl groups is 1. The maximum Gasteiger partial charge on any atom is 0.133 e. The second kappa shape index (κ2) is 11.2. The van der Waals surface area contributed by atoms with Gasteiger partial charge in [-0.3, -0.25) is 4.90 Å². The highest BCUT2D eigenvalue weighted by Gasteiger charge is 2.23. The van der Waals surface area contributed by atoms with Gasteiger partial charge in [0.2, 0.25) is 0 Å². The van der Waals surface area contributed by atoms with Crippen LogP contribution in [0.3, 0.4) is 0 Å². The van der Waals surface area contributed by atoms with Gasteiger partial charge in [-0.05, 0) is 69.6 Å². The molecule has 1 aliphatic rings. The number of benzene rings is 1. The summed E-state index contributed by atoms with van der Waals surface area (Å²) < 4.78 is 0. The minimum absolute atomic E-state index is 0.254. The number of nitrogens with zero attached hydrogens (tertiary/aromatic N) is 1. The Hall–Kier alpha value is -2.53. The summed E-state index contributed by atoms with van der Waals surface area (Å²) in [4.78, 5) is 12.6. The maximum absolute atomic E-state index is 10.5. The van der Waals surface area contributed by atoms with Crippen LogP contribution in [-0.2, 0) is 4.79 Å². The topological polar surface area (TPSA) is 92.6 Å². The number of hydrogen-bond donors (Lipinski definition) is 3. The van der Waals surface area contributed by atoms with Gasteiger partial charge in [0.15, 0.2) is 0 Å². The molecule has 1 aromatic rings. The molecule has 0 atom stereocenters.